The molecule has 0 amide bonds. The Bertz CT molecular complexity index is 127. The van der Waals surface area contributed by atoms with Crippen LogP contribution in [0.1, 0.15) is 27.7 Å². The van der Waals surface area contributed by atoms with Crippen molar-refractivity contribution < 1.29 is 46.4 Å². The Morgan fingerprint density at radius 3 is 0.812 bits per heavy atom. The number of hydrogen-bond donors (Lipinski definition) is 0. The van der Waals surface area contributed by atoms with Crippen molar-refractivity contribution in [3.05, 3.63) is 0 Å². The third-order valence-electron chi connectivity index (χ3n) is 1.45. The summed E-state index contributed by atoms with van der Waals surface area (Å²) in [5, 5.41) is 21.6. The molecular weight excluding hydrogens is 402 g/mol. The maximum Gasteiger partial charge on any atom is 0 e. The van der Waals surface area contributed by atoms with Crippen LogP contribution < -0.4 is 15.0 Å². The van der Waals surface area contributed by atoms with Crippen molar-refractivity contribution in [1.82, 2.24) is 0 Å². The maximum atomic E-state index is 10.8. The predicted octanol–water partition coefficient (Wildman–Crippen LogP) is -0.794. The Hall–Kier alpha value is 0.679. The molecule has 16 heavy (non-hydrogen) atoms. The average Bonchev–Trinajstić information content (AvgIpc) is 1.50. The van der Waals surface area contributed by atoms with Crippen molar-refractivity contribution >= 4 is 8.32 Å². The minimum atomic E-state index is -1.86. The molecule has 0 aromatic heterocycles. The van der Waals surface area contributed by atoms with E-state index in [1.54, 1.807) is 19.6 Å². The molecule has 0 aromatic rings. The standard InChI is InChI=1S/C6H12O2.C3H9OSi.2O.Re/c1-5(2,7)6(3,4)8;1-5(2,3)4;;;/h1-4H3;1-3H3;;;/q-2;-1;2*-2;. The summed E-state index contributed by atoms with van der Waals surface area (Å²) in [5.41, 5.74) is -2.74. The molecule has 5 nitrogen and oxygen atoms in total. The summed E-state index contributed by atoms with van der Waals surface area (Å²) in [4.78, 5) is 10.2. The third kappa shape index (κ3) is 29.3. The van der Waals surface area contributed by atoms with E-state index in [0.29, 0.717) is 0 Å². The van der Waals surface area contributed by atoms with Crippen molar-refractivity contribution in [2.75, 3.05) is 0 Å². The van der Waals surface area contributed by atoms with Crippen molar-refractivity contribution in [2.24, 2.45) is 0 Å². The van der Waals surface area contributed by atoms with E-state index in [2.05, 4.69) is 0 Å². The van der Waals surface area contributed by atoms with Gasteiger partial charge in [0.1, 0.15) is 0 Å². The van der Waals surface area contributed by atoms with E-state index in [0.717, 1.165) is 0 Å². The van der Waals surface area contributed by atoms with Crippen LogP contribution in [0.4, 0.5) is 0 Å². The number of hydrogen-bond acceptors (Lipinski definition) is 3. The van der Waals surface area contributed by atoms with E-state index in [1.165, 1.54) is 27.7 Å². The molecule has 0 aliphatic rings. The van der Waals surface area contributed by atoms with Crippen molar-refractivity contribution in [2.45, 2.75) is 58.5 Å². The van der Waals surface area contributed by atoms with E-state index in [9.17, 15) is 15.0 Å². The molecule has 0 aromatic carbocycles. The van der Waals surface area contributed by atoms with E-state index in [4.69, 9.17) is 0 Å². The predicted molar refractivity (Wildman–Crippen MR) is 52.9 cm³/mol. The Balaban J connectivity index is -0.0000000454. The fraction of sp³-hybridized carbons (Fsp3) is 1.00. The molecule has 0 saturated carbocycles. The topological polar surface area (TPSA) is 126 Å². The molecule has 0 spiro atoms. The molecule has 0 N–H and O–H groups in total. The summed E-state index contributed by atoms with van der Waals surface area (Å²) in [6.07, 6.45) is 0. The van der Waals surface area contributed by atoms with Crippen LogP contribution in [0, 0.1) is 0 Å². The summed E-state index contributed by atoms with van der Waals surface area (Å²) < 4.78 is 0. The van der Waals surface area contributed by atoms with Crippen LogP contribution in [0.25, 0.3) is 0 Å². The fourth-order valence-electron chi connectivity index (χ4n) is 0. The van der Waals surface area contributed by atoms with E-state index < -0.39 is 19.5 Å². The van der Waals surface area contributed by atoms with Crippen LogP contribution in [0.15, 0.2) is 0 Å². The van der Waals surface area contributed by atoms with Gasteiger partial charge in [-0.1, -0.05) is 55.7 Å². The zero-order valence-corrected chi connectivity index (χ0v) is 14.6. The number of rotatable bonds is 1. The summed E-state index contributed by atoms with van der Waals surface area (Å²) in [6.45, 7) is 10.9. The summed E-state index contributed by atoms with van der Waals surface area (Å²) in [7, 11) is -1.86. The van der Waals surface area contributed by atoms with Gasteiger partial charge in [0.15, 0.2) is 0 Å². The minimum Gasteiger partial charge on any atom is -2.00 e. The van der Waals surface area contributed by atoms with Gasteiger partial charge in [-0.25, -0.2) is 0 Å². The van der Waals surface area contributed by atoms with Gasteiger partial charge in [0, 0.05) is 20.4 Å². The first-order valence-electron chi connectivity index (χ1n) is 4.36. The molecular formula is C9H21O5ReSi-7. The van der Waals surface area contributed by atoms with E-state index in [-0.39, 0.29) is 31.4 Å². The summed E-state index contributed by atoms with van der Waals surface area (Å²) >= 11 is 0. The second-order valence-corrected chi connectivity index (χ2v) is 9.36. The second kappa shape index (κ2) is 9.68. The summed E-state index contributed by atoms with van der Waals surface area (Å²) in [5.74, 6) is 0. The minimum absolute atomic E-state index is 0. The Kier molecular flexibility index (Phi) is 18.2. The van der Waals surface area contributed by atoms with Crippen LogP contribution in [-0.2, 0) is 31.4 Å². The molecule has 1 radical (unpaired) electrons. The monoisotopic (exact) mass is 424 g/mol. The van der Waals surface area contributed by atoms with Gasteiger partial charge in [-0.05, 0) is 0 Å². The quantitative estimate of drug-likeness (QED) is 0.513. The van der Waals surface area contributed by atoms with Crippen LogP contribution in [-0.4, -0.2) is 19.5 Å². The normalized spacial score (nSPS) is 10.9. The van der Waals surface area contributed by atoms with Crippen LogP contribution in [0.3, 0.4) is 0 Å². The molecule has 0 atom stereocenters. The Morgan fingerprint density at radius 1 is 0.750 bits per heavy atom. The second-order valence-electron chi connectivity index (χ2n) is 5.13. The Morgan fingerprint density at radius 2 is 0.812 bits per heavy atom. The van der Waals surface area contributed by atoms with Crippen molar-refractivity contribution in [1.29, 1.82) is 0 Å². The van der Waals surface area contributed by atoms with Gasteiger partial charge in [-0.15, -0.1) is 11.2 Å². The first kappa shape index (κ1) is 30.1. The molecule has 0 bridgehead atoms. The van der Waals surface area contributed by atoms with E-state index >= 15 is 0 Å². The molecule has 0 aliphatic heterocycles. The molecule has 0 rings (SSSR count). The van der Waals surface area contributed by atoms with Crippen molar-refractivity contribution in [3.63, 3.8) is 0 Å². The molecule has 105 valence electrons. The zero-order valence-electron chi connectivity index (χ0n) is 10.9. The Labute approximate surface area is 113 Å². The first-order valence-corrected chi connectivity index (χ1v) is 7.77. The first-order chi connectivity index (χ1) is 5.25. The van der Waals surface area contributed by atoms with Gasteiger partial charge in [0.2, 0.25) is 0 Å². The maximum absolute atomic E-state index is 10.8. The molecule has 0 heterocycles. The molecule has 0 fully saturated rings. The molecule has 0 aliphatic carbocycles. The third-order valence-corrected chi connectivity index (χ3v) is 1.45. The summed E-state index contributed by atoms with van der Waals surface area (Å²) in [6, 6.07) is 0. The smallest absolute Gasteiger partial charge is 0 e. The van der Waals surface area contributed by atoms with Gasteiger partial charge < -0.3 is 26.0 Å². The molecule has 0 saturated heterocycles. The van der Waals surface area contributed by atoms with Gasteiger partial charge >= 0.3 is 0 Å². The molecule has 7 heteroatoms. The van der Waals surface area contributed by atoms with Gasteiger partial charge in [0.05, 0.1) is 0 Å². The average molecular weight is 424 g/mol. The van der Waals surface area contributed by atoms with Gasteiger partial charge in [0.25, 0.3) is 0 Å². The SMILES string of the molecule is CC(C)([O-])C(C)(C)[O-].C[Si](C)(C)[O-].[O-2].[O-2].[Re]. The van der Waals surface area contributed by atoms with Gasteiger partial charge in [-0.3, -0.25) is 0 Å². The zero-order chi connectivity index (χ0) is 11.5. The van der Waals surface area contributed by atoms with Crippen LogP contribution >= 0.6 is 0 Å². The van der Waals surface area contributed by atoms with E-state index in [1.807, 2.05) is 0 Å². The largest absolute Gasteiger partial charge is 2.00 e. The van der Waals surface area contributed by atoms with Crippen LogP contribution in [0.2, 0.25) is 19.6 Å². The molecule has 0 unspecified atom stereocenters. The van der Waals surface area contributed by atoms with Gasteiger partial charge in [-0.2, -0.15) is 0 Å². The fourth-order valence-corrected chi connectivity index (χ4v) is 0. The van der Waals surface area contributed by atoms with Crippen LogP contribution in [0.5, 0.6) is 0 Å². The van der Waals surface area contributed by atoms with Crippen molar-refractivity contribution in [3.8, 4) is 0 Å².